The standard InChI is InChI=1S/C16H21NO4/c1-16(2,3)17-9-12(18)10-21-13-6-4-5-11-7-8-20-15(19)14(11)13/h4-8,12,17-18H,9-10H2,1-3H3. The van der Waals surface area contributed by atoms with Gasteiger partial charge in [-0.05, 0) is 38.3 Å². The van der Waals surface area contributed by atoms with Gasteiger partial charge in [-0.2, -0.15) is 0 Å². The summed E-state index contributed by atoms with van der Waals surface area (Å²) in [4.78, 5) is 11.8. The van der Waals surface area contributed by atoms with E-state index in [1.165, 1.54) is 6.26 Å². The first-order valence-corrected chi connectivity index (χ1v) is 6.93. The third-order valence-corrected chi connectivity index (χ3v) is 2.98. The van der Waals surface area contributed by atoms with Gasteiger partial charge in [-0.15, -0.1) is 0 Å². The van der Waals surface area contributed by atoms with Crippen LogP contribution in [0.2, 0.25) is 0 Å². The molecule has 21 heavy (non-hydrogen) atoms. The maximum atomic E-state index is 11.8. The second kappa shape index (κ2) is 6.28. The molecule has 1 heterocycles. The van der Waals surface area contributed by atoms with Crippen LogP contribution in [0, 0.1) is 0 Å². The second-order valence-corrected chi connectivity index (χ2v) is 6.02. The van der Waals surface area contributed by atoms with Crippen LogP contribution in [-0.4, -0.2) is 29.9 Å². The van der Waals surface area contributed by atoms with E-state index in [0.29, 0.717) is 17.7 Å². The van der Waals surface area contributed by atoms with Crippen LogP contribution >= 0.6 is 0 Å². The molecule has 0 radical (unpaired) electrons. The van der Waals surface area contributed by atoms with Crippen LogP contribution in [0.4, 0.5) is 0 Å². The first kappa shape index (κ1) is 15.5. The van der Waals surface area contributed by atoms with Crippen molar-refractivity contribution >= 4 is 10.8 Å². The SMILES string of the molecule is CC(C)(C)NCC(O)COc1cccc2ccoc(=O)c12. The highest BCUT2D eigenvalue weighted by Crippen LogP contribution is 2.22. The highest BCUT2D eigenvalue weighted by atomic mass is 16.5. The summed E-state index contributed by atoms with van der Waals surface area (Å²) in [6.45, 7) is 6.60. The maximum Gasteiger partial charge on any atom is 0.347 e. The van der Waals surface area contributed by atoms with Gasteiger partial charge in [0, 0.05) is 12.1 Å². The van der Waals surface area contributed by atoms with E-state index in [-0.39, 0.29) is 12.1 Å². The van der Waals surface area contributed by atoms with Crippen LogP contribution in [0.3, 0.4) is 0 Å². The van der Waals surface area contributed by atoms with Crippen molar-refractivity contribution in [3.63, 3.8) is 0 Å². The largest absolute Gasteiger partial charge is 0.490 e. The van der Waals surface area contributed by atoms with E-state index in [2.05, 4.69) is 5.32 Å². The minimum atomic E-state index is -0.657. The molecule has 114 valence electrons. The zero-order valence-electron chi connectivity index (χ0n) is 12.6. The predicted molar refractivity (Wildman–Crippen MR) is 81.7 cm³/mol. The Morgan fingerprint density at radius 1 is 1.33 bits per heavy atom. The summed E-state index contributed by atoms with van der Waals surface area (Å²) in [5.41, 5.74) is -0.507. The van der Waals surface area contributed by atoms with Gasteiger partial charge >= 0.3 is 5.63 Å². The fraction of sp³-hybridized carbons (Fsp3) is 0.438. The van der Waals surface area contributed by atoms with E-state index in [1.54, 1.807) is 18.2 Å². The van der Waals surface area contributed by atoms with Gasteiger partial charge < -0.3 is 19.6 Å². The van der Waals surface area contributed by atoms with Gasteiger partial charge in [0.25, 0.3) is 0 Å². The summed E-state index contributed by atoms with van der Waals surface area (Å²) in [6, 6.07) is 7.03. The zero-order valence-corrected chi connectivity index (χ0v) is 12.6. The van der Waals surface area contributed by atoms with Crippen molar-refractivity contribution in [2.24, 2.45) is 0 Å². The molecule has 0 bridgehead atoms. The lowest BCUT2D eigenvalue weighted by Gasteiger charge is -2.23. The normalized spacial score (nSPS) is 13.3. The van der Waals surface area contributed by atoms with E-state index in [0.717, 1.165) is 5.39 Å². The quantitative estimate of drug-likeness (QED) is 0.880. The number of fused-ring (bicyclic) bond motifs is 1. The van der Waals surface area contributed by atoms with Crippen molar-refractivity contribution < 1.29 is 14.3 Å². The third-order valence-electron chi connectivity index (χ3n) is 2.98. The van der Waals surface area contributed by atoms with Crippen molar-refractivity contribution in [1.29, 1.82) is 0 Å². The molecule has 2 aromatic rings. The number of nitrogens with one attached hydrogen (secondary N) is 1. The molecule has 0 amide bonds. The third kappa shape index (κ3) is 4.31. The molecule has 0 aliphatic carbocycles. The Labute approximate surface area is 123 Å². The fourth-order valence-corrected chi connectivity index (χ4v) is 1.92. The minimum absolute atomic E-state index is 0.0680. The van der Waals surface area contributed by atoms with Gasteiger partial charge in [0.15, 0.2) is 0 Å². The van der Waals surface area contributed by atoms with E-state index in [1.807, 2.05) is 26.8 Å². The van der Waals surface area contributed by atoms with Crippen molar-refractivity contribution in [2.45, 2.75) is 32.4 Å². The number of hydrogen-bond donors (Lipinski definition) is 2. The summed E-state index contributed by atoms with van der Waals surface area (Å²) < 4.78 is 10.4. The Bertz CT molecular complexity index is 652. The van der Waals surface area contributed by atoms with Gasteiger partial charge in [-0.1, -0.05) is 12.1 Å². The van der Waals surface area contributed by atoms with Crippen molar-refractivity contribution in [2.75, 3.05) is 13.2 Å². The van der Waals surface area contributed by atoms with E-state index in [9.17, 15) is 9.90 Å². The zero-order chi connectivity index (χ0) is 15.5. The Morgan fingerprint density at radius 3 is 2.81 bits per heavy atom. The van der Waals surface area contributed by atoms with E-state index >= 15 is 0 Å². The maximum absolute atomic E-state index is 11.8. The number of aliphatic hydroxyl groups excluding tert-OH is 1. The molecule has 1 unspecified atom stereocenters. The number of benzene rings is 1. The average Bonchev–Trinajstić information content (AvgIpc) is 2.42. The van der Waals surface area contributed by atoms with E-state index in [4.69, 9.17) is 9.15 Å². The van der Waals surface area contributed by atoms with E-state index < -0.39 is 11.7 Å². The Kier molecular flexibility index (Phi) is 4.65. The lowest BCUT2D eigenvalue weighted by molar-refractivity contribution is 0.101. The van der Waals surface area contributed by atoms with Crippen LogP contribution in [0.5, 0.6) is 5.75 Å². The topological polar surface area (TPSA) is 71.7 Å². The monoisotopic (exact) mass is 291 g/mol. The summed E-state index contributed by atoms with van der Waals surface area (Å²) >= 11 is 0. The molecule has 0 saturated carbocycles. The minimum Gasteiger partial charge on any atom is -0.490 e. The van der Waals surface area contributed by atoms with Crippen LogP contribution in [0.1, 0.15) is 20.8 Å². The molecule has 1 aromatic carbocycles. The Balaban J connectivity index is 2.06. The summed E-state index contributed by atoms with van der Waals surface area (Å²) in [5.74, 6) is 0.427. The van der Waals surface area contributed by atoms with Gasteiger partial charge in [0.2, 0.25) is 0 Å². The molecule has 1 aromatic heterocycles. The summed E-state index contributed by atoms with van der Waals surface area (Å²) in [7, 11) is 0. The summed E-state index contributed by atoms with van der Waals surface area (Å²) in [6.07, 6.45) is 0.700. The molecule has 0 spiro atoms. The average molecular weight is 291 g/mol. The molecule has 0 aliphatic rings. The Morgan fingerprint density at radius 2 is 2.10 bits per heavy atom. The smallest absolute Gasteiger partial charge is 0.347 e. The number of rotatable bonds is 5. The molecule has 2 rings (SSSR count). The predicted octanol–water partition coefficient (Wildman–Crippen LogP) is 1.92. The number of aliphatic hydroxyl groups is 1. The highest BCUT2D eigenvalue weighted by Gasteiger charge is 2.14. The lowest BCUT2D eigenvalue weighted by atomic mass is 10.1. The molecule has 2 N–H and O–H groups in total. The molecule has 5 nitrogen and oxygen atoms in total. The van der Waals surface area contributed by atoms with Crippen molar-refractivity contribution in [3.8, 4) is 5.75 Å². The Hall–Kier alpha value is -1.85. The van der Waals surface area contributed by atoms with Crippen LogP contribution in [0.25, 0.3) is 10.8 Å². The van der Waals surface area contributed by atoms with Crippen LogP contribution in [-0.2, 0) is 0 Å². The summed E-state index contributed by atoms with van der Waals surface area (Å²) in [5, 5.41) is 14.3. The van der Waals surface area contributed by atoms with Gasteiger partial charge in [0.1, 0.15) is 23.8 Å². The first-order valence-electron chi connectivity index (χ1n) is 6.93. The molecule has 1 atom stereocenters. The molecule has 0 saturated heterocycles. The second-order valence-electron chi connectivity index (χ2n) is 6.02. The van der Waals surface area contributed by atoms with Gasteiger partial charge in [-0.3, -0.25) is 0 Å². The number of hydrogen-bond acceptors (Lipinski definition) is 5. The number of β-amino-alcohol motifs (C(OH)–C–C–N with tert-alkyl or cyclic N) is 1. The molecular formula is C16H21NO4. The molecule has 0 fully saturated rings. The van der Waals surface area contributed by atoms with Gasteiger partial charge in [0.05, 0.1) is 6.26 Å². The molecule has 5 heteroatoms. The lowest BCUT2D eigenvalue weighted by Crippen LogP contribution is -2.42. The molecule has 0 aliphatic heterocycles. The van der Waals surface area contributed by atoms with Gasteiger partial charge in [-0.25, -0.2) is 4.79 Å². The fourth-order valence-electron chi connectivity index (χ4n) is 1.92. The number of ether oxygens (including phenoxy) is 1. The van der Waals surface area contributed by atoms with Crippen molar-refractivity contribution in [3.05, 3.63) is 40.9 Å². The van der Waals surface area contributed by atoms with Crippen LogP contribution in [0.15, 0.2) is 39.7 Å². The van der Waals surface area contributed by atoms with Crippen molar-refractivity contribution in [1.82, 2.24) is 5.32 Å². The van der Waals surface area contributed by atoms with Crippen LogP contribution < -0.4 is 15.7 Å². The first-order chi connectivity index (χ1) is 9.87. The highest BCUT2D eigenvalue weighted by molar-refractivity contribution is 5.86. The molecular weight excluding hydrogens is 270 g/mol.